The van der Waals surface area contributed by atoms with Crippen LogP contribution in [0.3, 0.4) is 0 Å². The van der Waals surface area contributed by atoms with Crippen molar-refractivity contribution in [3.05, 3.63) is 77.9 Å². The summed E-state index contributed by atoms with van der Waals surface area (Å²) in [5.74, 6) is 0.231. The van der Waals surface area contributed by atoms with Crippen molar-refractivity contribution < 1.29 is 9.18 Å². The second-order valence-corrected chi connectivity index (χ2v) is 8.41. The van der Waals surface area contributed by atoms with Gasteiger partial charge in [0.25, 0.3) is 0 Å². The average Bonchev–Trinajstić information content (AvgIpc) is 3.30. The first-order valence-corrected chi connectivity index (χ1v) is 10.9. The molecule has 1 atom stereocenters. The number of hydrogen-bond acceptors (Lipinski definition) is 3. The third-order valence-electron chi connectivity index (χ3n) is 5.93. The normalized spacial score (nSPS) is 16.9. The van der Waals surface area contributed by atoms with Gasteiger partial charge in [0.1, 0.15) is 5.82 Å². The molecule has 1 amide bonds. The molecule has 1 N–H and O–H groups in total. The summed E-state index contributed by atoms with van der Waals surface area (Å²) in [5, 5.41) is 7.23. The highest BCUT2D eigenvalue weighted by atomic mass is 19.1. The van der Waals surface area contributed by atoms with Crippen LogP contribution in [0, 0.1) is 18.7 Å². The van der Waals surface area contributed by atoms with Crippen molar-refractivity contribution in [2.75, 3.05) is 18.4 Å². The highest BCUT2D eigenvalue weighted by Crippen LogP contribution is 2.24. The lowest BCUT2D eigenvalue weighted by Crippen LogP contribution is -2.35. The molecule has 0 radical (unpaired) electrons. The van der Waals surface area contributed by atoms with Crippen LogP contribution in [0.25, 0.3) is 5.69 Å². The molecule has 6 heteroatoms. The molecule has 1 fully saturated rings. The minimum Gasteiger partial charge on any atom is -0.326 e. The van der Waals surface area contributed by atoms with E-state index in [-0.39, 0.29) is 11.7 Å². The Morgan fingerprint density at radius 3 is 2.94 bits per heavy atom. The molecule has 162 valence electrons. The van der Waals surface area contributed by atoms with Gasteiger partial charge in [-0.05, 0) is 86.2 Å². The maximum atomic E-state index is 13.2. The summed E-state index contributed by atoms with van der Waals surface area (Å²) in [6.07, 6.45) is 7.42. The lowest BCUT2D eigenvalue weighted by Gasteiger charge is -2.32. The number of amides is 1. The molecule has 0 aliphatic carbocycles. The number of carbonyl (C=O) groups excluding carboxylic acids is 1. The van der Waals surface area contributed by atoms with Crippen molar-refractivity contribution in [3.8, 4) is 5.69 Å². The molecular weight excluding hydrogens is 391 g/mol. The van der Waals surface area contributed by atoms with E-state index in [1.165, 1.54) is 17.7 Å². The number of nitrogens with one attached hydrogen (secondary N) is 1. The third-order valence-corrected chi connectivity index (χ3v) is 5.93. The molecule has 31 heavy (non-hydrogen) atoms. The highest BCUT2D eigenvalue weighted by molar-refractivity contribution is 5.91. The summed E-state index contributed by atoms with van der Waals surface area (Å²) in [5.41, 5.74) is 3.78. The van der Waals surface area contributed by atoms with Gasteiger partial charge in [-0.2, -0.15) is 5.10 Å². The van der Waals surface area contributed by atoms with Gasteiger partial charge in [-0.3, -0.25) is 9.69 Å². The number of anilines is 1. The lowest BCUT2D eigenvalue weighted by molar-refractivity contribution is -0.116. The van der Waals surface area contributed by atoms with E-state index in [0.717, 1.165) is 50.1 Å². The van der Waals surface area contributed by atoms with Crippen molar-refractivity contribution in [3.63, 3.8) is 0 Å². The second kappa shape index (κ2) is 9.88. The Bertz CT molecular complexity index is 1020. The number of carbonyl (C=O) groups is 1. The number of aryl methyl sites for hydroxylation is 1. The lowest BCUT2D eigenvalue weighted by atomic mass is 9.93. The van der Waals surface area contributed by atoms with E-state index in [0.29, 0.717) is 18.0 Å². The first-order valence-electron chi connectivity index (χ1n) is 10.9. The van der Waals surface area contributed by atoms with Gasteiger partial charge in [-0.25, -0.2) is 9.07 Å². The van der Waals surface area contributed by atoms with Crippen LogP contribution in [-0.2, 0) is 11.3 Å². The number of likely N-dealkylation sites (tertiary alicyclic amines) is 1. The van der Waals surface area contributed by atoms with Gasteiger partial charge in [0.15, 0.2) is 0 Å². The Morgan fingerprint density at radius 1 is 1.23 bits per heavy atom. The van der Waals surface area contributed by atoms with Crippen LogP contribution in [0.15, 0.2) is 60.9 Å². The van der Waals surface area contributed by atoms with E-state index in [2.05, 4.69) is 39.6 Å². The summed E-state index contributed by atoms with van der Waals surface area (Å²) in [6, 6.07) is 14.9. The van der Waals surface area contributed by atoms with Crippen molar-refractivity contribution >= 4 is 11.6 Å². The molecule has 5 nitrogen and oxygen atoms in total. The minimum atomic E-state index is -0.284. The Hall–Kier alpha value is -2.99. The number of piperidine rings is 1. The molecule has 0 bridgehead atoms. The number of nitrogens with zero attached hydrogens (tertiary/aromatic N) is 3. The molecule has 2 aromatic carbocycles. The molecule has 1 saturated heterocycles. The maximum Gasteiger partial charge on any atom is 0.224 e. The second-order valence-electron chi connectivity index (χ2n) is 8.41. The first kappa shape index (κ1) is 21.2. The van der Waals surface area contributed by atoms with E-state index in [1.54, 1.807) is 19.2 Å². The third kappa shape index (κ3) is 5.79. The monoisotopic (exact) mass is 420 g/mol. The van der Waals surface area contributed by atoms with Crippen molar-refractivity contribution in [2.45, 2.75) is 39.2 Å². The molecule has 1 aromatic heterocycles. The van der Waals surface area contributed by atoms with E-state index in [1.807, 2.05) is 16.9 Å². The largest absolute Gasteiger partial charge is 0.326 e. The van der Waals surface area contributed by atoms with Crippen LogP contribution in [0.5, 0.6) is 0 Å². The topological polar surface area (TPSA) is 50.2 Å². The number of rotatable bonds is 7. The molecule has 0 spiro atoms. The van der Waals surface area contributed by atoms with Crippen LogP contribution in [0.1, 0.15) is 36.8 Å². The van der Waals surface area contributed by atoms with Crippen molar-refractivity contribution in [1.82, 2.24) is 14.7 Å². The van der Waals surface area contributed by atoms with Gasteiger partial charge in [0.05, 0.1) is 5.69 Å². The highest BCUT2D eigenvalue weighted by Gasteiger charge is 2.21. The van der Waals surface area contributed by atoms with Gasteiger partial charge in [0, 0.05) is 37.6 Å². The minimum absolute atomic E-state index is 0.00115. The average molecular weight is 421 g/mol. The van der Waals surface area contributed by atoms with Gasteiger partial charge < -0.3 is 5.32 Å². The number of aromatic nitrogens is 2. The maximum absolute atomic E-state index is 13.2. The van der Waals surface area contributed by atoms with Crippen LogP contribution < -0.4 is 5.32 Å². The van der Waals surface area contributed by atoms with Gasteiger partial charge in [0.2, 0.25) is 5.91 Å². The Morgan fingerprint density at radius 2 is 2.13 bits per heavy atom. The standard InChI is InChI=1S/C25H29FN4O/c1-19-15-22(26)9-10-24(19)28-25(31)11-8-20-6-3-13-29(17-20)18-21-5-2-7-23(16-21)30-14-4-12-27-30/h2,4-5,7,9-10,12,14-16,20H,3,6,8,11,13,17-18H2,1H3,(H,28,31)/t20-/m1/s1. The fraction of sp³-hybridized carbons (Fsp3) is 0.360. The number of hydrogen-bond donors (Lipinski definition) is 1. The fourth-order valence-corrected chi connectivity index (χ4v) is 4.32. The van der Waals surface area contributed by atoms with E-state index in [9.17, 15) is 9.18 Å². The van der Waals surface area contributed by atoms with Crippen LogP contribution in [0.2, 0.25) is 0 Å². The smallest absolute Gasteiger partial charge is 0.224 e. The zero-order valence-electron chi connectivity index (χ0n) is 17.9. The molecular formula is C25H29FN4O. The molecule has 0 unspecified atom stereocenters. The zero-order chi connectivity index (χ0) is 21.6. The Labute approximate surface area is 182 Å². The summed E-state index contributed by atoms with van der Waals surface area (Å²) in [4.78, 5) is 14.9. The summed E-state index contributed by atoms with van der Waals surface area (Å²) in [6.45, 7) is 4.81. The van der Waals surface area contributed by atoms with E-state index in [4.69, 9.17) is 0 Å². The number of halogens is 1. The number of benzene rings is 2. The van der Waals surface area contributed by atoms with E-state index >= 15 is 0 Å². The molecule has 1 aliphatic rings. The van der Waals surface area contributed by atoms with Gasteiger partial charge in [-0.1, -0.05) is 12.1 Å². The summed E-state index contributed by atoms with van der Waals surface area (Å²) >= 11 is 0. The predicted molar refractivity (Wildman–Crippen MR) is 121 cm³/mol. The van der Waals surface area contributed by atoms with Crippen molar-refractivity contribution in [2.24, 2.45) is 5.92 Å². The predicted octanol–water partition coefficient (Wildman–Crippen LogP) is 4.95. The summed E-state index contributed by atoms with van der Waals surface area (Å²) in [7, 11) is 0. The van der Waals surface area contributed by atoms with Gasteiger partial charge >= 0.3 is 0 Å². The van der Waals surface area contributed by atoms with Gasteiger partial charge in [-0.15, -0.1) is 0 Å². The molecule has 0 saturated carbocycles. The SMILES string of the molecule is Cc1cc(F)ccc1NC(=O)CC[C@H]1CCCN(Cc2cccc(-n3cccn3)c2)C1. The van der Waals surface area contributed by atoms with Crippen LogP contribution >= 0.6 is 0 Å². The Balaban J connectivity index is 1.28. The van der Waals surface area contributed by atoms with Crippen LogP contribution in [0.4, 0.5) is 10.1 Å². The quantitative estimate of drug-likeness (QED) is 0.588. The Kier molecular flexibility index (Phi) is 6.77. The first-order chi connectivity index (χ1) is 15.1. The van der Waals surface area contributed by atoms with Crippen molar-refractivity contribution in [1.29, 1.82) is 0 Å². The zero-order valence-corrected chi connectivity index (χ0v) is 17.9. The molecule has 4 rings (SSSR count). The fourth-order valence-electron chi connectivity index (χ4n) is 4.32. The molecule has 2 heterocycles. The summed E-state index contributed by atoms with van der Waals surface area (Å²) < 4.78 is 15.1. The molecule has 3 aromatic rings. The van der Waals surface area contributed by atoms with E-state index < -0.39 is 0 Å². The molecule has 1 aliphatic heterocycles. The van der Waals surface area contributed by atoms with Crippen LogP contribution in [-0.4, -0.2) is 33.7 Å².